The number of carboxylic acids is 1. The molecule has 0 saturated heterocycles. The highest BCUT2D eigenvalue weighted by Crippen LogP contribution is 2.19. The Morgan fingerprint density at radius 2 is 1.02 bits per heavy atom. The second-order valence-corrected chi connectivity index (χ2v) is 11.7. The number of anilines is 1. The van der Waals surface area contributed by atoms with Gasteiger partial charge >= 0.3 is 5.97 Å². The Hall–Kier alpha value is -3.07. The fourth-order valence-electron chi connectivity index (χ4n) is 4.33. The van der Waals surface area contributed by atoms with Crippen molar-refractivity contribution in [1.82, 2.24) is 0 Å². The number of aromatic carboxylic acids is 1. The second-order valence-electron chi connectivity index (χ2n) is 11.7. The van der Waals surface area contributed by atoms with Crippen molar-refractivity contribution < 1.29 is 9.90 Å². The van der Waals surface area contributed by atoms with Crippen LogP contribution in [0.3, 0.4) is 0 Å². The van der Waals surface area contributed by atoms with E-state index < -0.39 is 5.97 Å². The summed E-state index contributed by atoms with van der Waals surface area (Å²) in [6, 6.07) is 7.29. The molecule has 0 aliphatic rings. The Balaban J connectivity index is 2.83. The van der Waals surface area contributed by atoms with Gasteiger partial charge in [0, 0.05) is 18.8 Å². The molecule has 1 N–H and O–H groups in total. The van der Waals surface area contributed by atoms with Crippen molar-refractivity contribution in [2.24, 2.45) is 0 Å². The number of hydrogen-bond acceptors (Lipinski definition) is 2. The molecular weight excluding hydrogens is 490 g/mol. The third-order valence-corrected chi connectivity index (χ3v) is 7.02. The summed E-state index contributed by atoms with van der Waals surface area (Å²) in [5, 5.41) is 9.51. The van der Waals surface area contributed by atoms with Crippen LogP contribution in [0.2, 0.25) is 0 Å². The zero-order chi connectivity index (χ0) is 29.9. The van der Waals surface area contributed by atoms with Crippen LogP contribution in [0.4, 0.5) is 5.69 Å². The number of benzene rings is 1. The summed E-state index contributed by atoms with van der Waals surface area (Å²) in [6.07, 6.45) is 22.6. The van der Waals surface area contributed by atoms with Crippen molar-refractivity contribution in [3.8, 4) is 0 Å². The van der Waals surface area contributed by atoms with Crippen LogP contribution < -0.4 is 4.90 Å². The molecule has 0 aliphatic carbocycles. The van der Waals surface area contributed by atoms with E-state index in [0.717, 1.165) is 70.1 Å². The Labute approximate surface area is 245 Å². The van der Waals surface area contributed by atoms with Crippen LogP contribution in [0.5, 0.6) is 0 Å². The number of carboxylic acid groups (broad SMARTS) is 1. The molecule has 0 aromatic heterocycles. The summed E-state index contributed by atoms with van der Waals surface area (Å²) in [7, 11) is 0. The van der Waals surface area contributed by atoms with Gasteiger partial charge in [0.2, 0.25) is 0 Å². The second kappa shape index (κ2) is 19.9. The van der Waals surface area contributed by atoms with Gasteiger partial charge < -0.3 is 10.0 Å². The predicted octanol–water partition coefficient (Wildman–Crippen LogP) is 11.0. The molecule has 0 aliphatic heterocycles. The van der Waals surface area contributed by atoms with Gasteiger partial charge in [-0.05, 0) is 125 Å². The Kier molecular flexibility index (Phi) is 17.4. The minimum atomic E-state index is -0.890. The first kappa shape index (κ1) is 35.0. The maximum absolute atomic E-state index is 11.6. The summed E-state index contributed by atoms with van der Waals surface area (Å²) in [6.45, 7) is 19.0. The van der Waals surface area contributed by atoms with E-state index in [9.17, 15) is 9.90 Å². The lowest BCUT2D eigenvalue weighted by Crippen LogP contribution is -2.24. The van der Waals surface area contributed by atoms with Gasteiger partial charge in [-0.2, -0.15) is 0 Å². The molecule has 0 atom stereocenters. The number of nitrogens with zero attached hydrogens (tertiary/aromatic N) is 1. The molecule has 0 heterocycles. The molecule has 1 rings (SSSR count). The van der Waals surface area contributed by atoms with Crippen molar-refractivity contribution >= 4 is 11.7 Å². The number of rotatable bonds is 18. The molecule has 0 bridgehead atoms. The molecule has 1 aromatic rings. The molecule has 0 radical (unpaired) electrons. The SMILES string of the molecule is CC(C)=CCC/C(C)=C/CC/C(C)=C/CN(C/C=C(\C)CC/C=C(\C)CCC=C(C)C)c1cccc(C(=O)O)c1. The Morgan fingerprint density at radius 1 is 0.625 bits per heavy atom. The molecule has 1 aromatic carbocycles. The van der Waals surface area contributed by atoms with Gasteiger partial charge in [0.25, 0.3) is 0 Å². The monoisotopic (exact) mass is 545 g/mol. The topological polar surface area (TPSA) is 40.5 Å². The standard InChI is InChI=1S/C37H55NO2/c1-29(2)14-9-16-31(5)18-11-20-33(7)24-26-38(36-23-13-22-35(28-36)37(39)40)27-25-34(8)21-12-19-32(6)17-10-15-30(3)4/h13-15,18-19,22-25,28H,9-12,16-17,20-21,26-27H2,1-8H3,(H,39,40)/b31-18+,32-19+,33-24+,34-25+. The van der Waals surface area contributed by atoms with E-state index in [0.29, 0.717) is 5.56 Å². The van der Waals surface area contributed by atoms with Gasteiger partial charge in [-0.15, -0.1) is 0 Å². The fraction of sp³-hybridized carbons (Fsp3) is 0.486. The third-order valence-electron chi connectivity index (χ3n) is 7.02. The zero-order valence-corrected chi connectivity index (χ0v) is 26.6. The number of hydrogen-bond donors (Lipinski definition) is 1. The third kappa shape index (κ3) is 16.8. The lowest BCUT2D eigenvalue weighted by atomic mass is 10.1. The van der Waals surface area contributed by atoms with Gasteiger partial charge in [0.15, 0.2) is 0 Å². The Morgan fingerprint density at radius 3 is 1.43 bits per heavy atom. The Bertz CT molecular complexity index is 1040. The molecular formula is C37H55NO2. The fourth-order valence-corrected chi connectivity index (χ4v) is 4.33. The van der Waals surface area contributed by atoms with E-state index in [1.807, 2.05) is 12.1 Å². The quantitative estimate of drug-likeness (QED) is 0.186. The molecule has 0 saturated carbocycles. The van der Waals surface area contributed by atoms with E-state index in [1.165, 1.54) is 33.4 Å². The molecule has 3 heteroatoms. The lowest BCUT2D eigenvalue weighted by molar-refractivity contribution is 0.0697. The van der Waals surface area contributed by atoms with Crippen LogP contribution in [0.25, 0.3) is 0 Å². The van der Waals surface area contributed by atoms with Gasteiger partial charge in [0.1, 0.15) is 0 Å². The lowest BCUT2D eigenvalue weighted by Gasteiger charge is -2.23. The van der Waals surface area contributed by atoms with E-state index in [-0.39, 0.29) is 0 Å². The minimum absolute atomic E-state index is 0.325. The first-order valence-corrected chi connectivity index (χ1v) is 15.0. The molecule has 40 heavy (non-hydrogen) atoms. The first-order valence-electron chi connectivity index (χ1n) is 15.0. The van der Waals surface area contributed by atoms with Crippen LogP contribution in [0.1, 0.15) is 117 Å². The van der Waals surface area contributed by atoms with Gasteiger partial charge in [-0.25, -0.2) is 4.79 Å². The highest BCUT2D eigenvalue weighted by Gasteiger charge is 2.09. The van der Waals surface area contributed by atoms with Crippen molar-refractivity contribution in [1.29, 1.82) is 0 Å². The average molecular weight is 546 g/mol. The average Bonchev–Trinajstić information content (AvgIpc) is 2.88. The maximum atomic E-state index is 11.6. The van der Waals surface area contributed by atoms with Crippen molar-refractivity contribution in [2.75, 3.05) is 18.0 Å². The summed E-state index contributed by atoms with van der Waals surface area (Å²) in [5.41, 5.74) is 9.67. The van der Waals surface area contributed by atoms with Crippen LogP contribution in [-0.4, -0.2) is 24.2 Å². The predicted molar refractivity (Wildman–Crippen MR) is 176 cm³/mol. The normalized spacial score (nSPS) is 12.8. The van der Waals surface area contributed by atoms with Gasteiger partial charge in [-0.1, -0.05) is 76.0 Å². The van der Waals surface area contributed by atoms with Crippen molar-refractivity contribution in [2.45, 2.75) is 107 Å². The van der Waals surface area contributed by atoms with Gasteiger partial charge in [-0.3, -0.25) is 0 Å². The summed E-state index contributed by atoms with van der Waals surface area (Å²) in [4.78, 5) is 13.9. The molecule has 0 fully saturated rings. The summed E-state index contributed by atoms with van der Waals surface area (Å²) < 4.78 is 0. The van der Waals surface area contributed by atoms with Gasteiger partial charge in [0.05, 0.1) is 5.56 Å². The van der Waals surface area contributed by atoms with Crippen LogP contribution in [0.15, 0.2) is 94.2 Å². The molecule has 0 spiro atoms. The zero-order valence-electron chi connectivity index (χ0n) is 26.6. The van der Waals surface area contributed by atoms with Crippen LogP contribution in [-0.2, 0) is 0 Å². The van der Waals surface area contributed by atoms with Crippen molar-refractivity contribution in [3.05, 3.63) is 99.7 Å². The molecule has 220 valence electrons. The highest BCUT2D eigenvalue weighted by atomic mass is 16.4. The largest absolute Gasteiger partial charge is 0.478 e. The summed E-state index contributed by atoms with van der Waals surface area (Å²) >= 11 is 0. The van der Waals surface area contributed by atoms with E-state index in [1.54, 1.807) is 12.1 Å². The number of allylic oxidation sites excluding steroid dienone is 10. The van der Waals surface area contributed by atoms with Crippen LogP contribution >= 0.6 is 0 Å². The van der Waals surface area contributed by atoms with E-state index in [4.69, 9.17) is 0 Å². The molecule has 0 amide bonds. The molecule has 3 nitrogen and oxygen atoms in total. The van der Waals surface area contributed by atoms with E-state index in [2.05, 4.69) is 96.7 Å². The van der Waals surface area contributed by atoms with E-state index >= 15 is 0 Å². The summed E-state index contributed by atoms with van der Waals surface area (Å²) in [5.74, 6) is -0.890. The molecule has 0 unspecified atom stereocenters. The maximum Gasteiger partial charge on any atom is 0.335 e. The highest BCUT2D eigenvalue weighted by molar-refractivity contribution is 5.88. The van der Waals surface area contributed by atoms with Crippen molar-refractivity contribution in [3.63, 3.8) is 0 Å². The first-order chi connectivity index (χ1) is 19.0. The number of carbonyl (C=O) groups is 1. The smallest absolute Gasteiger partial charge is 0.335 e. The minimum Gasteiger partial charge on any atom is -0.478 e. The van der Waals surface area contributed by atoms with Crippen LogP contribution in [0, 0.1) is 0 Å².